The van der Waals surface area contributed by atoms with Crippen LogP contribution in [0.5, 0.6) is 0 Å². The highest BCUT2D eigenvalue weighted by molar-refractivity contribution is 5.79. The van der Waals surface area contributed by atoms with Crippen molar-refractivity contribution in [3.63, 3.8) is 0 Å². The first-order valence-electron chi connectivity index (χ1n) is 10.8. The molecule has 4 nitrogen and oxygen atoms in total. The molecule has 2 rings (SSSR count). The summed E-state index contributed by atoms with van der Waals surface area (Å²) in [5, 5.41) is 2.89. The molecule has 0 heterocycles. The Morgan fingerprint density at radius 2 is 1.75 bits per heavy atom. The number of halogens is 1. The van der Waals surface area contributed by atoms with Gasteiger partial charge in [0.2, 0.25) is 11.8 Å². The van der Waals surface area contributed by atoms with Crippen molar-refractivity contribution >= 4 is 11.8 Å². The first-order chi connectivity index (χ1) is 13.4. The Bertz CT molecular complexity index is 610. The maximum Gasteiger partial charge on any atom is 0.222 e. The quantitative estimate of drug-likeness (QED) is 0.641. The maximum atomic E-state index is 13.0. The van der Waals surface area contributed by atoms with Gasteiger partial charge in [-0.05, 0) is 50.3 Å². The van der Waals surface area contributed by atoms with Crippen molar-refractivity contribution in [1.82, 2.24) is 10.2 Å². The SMILES string of the molecule is CC(C)NC(=O)CCN(CCC1CCCCC1)C(=O)CCc1ccc(F)cc1. The molecule has 1 aliphatic rings. The molecule has 1 aromatic rings. The first kappa shape index (κ1) is 22.4. The minimum Gasteiger partial charge on any atom is -0.354 e. The highest BCUT2D eigenvalue weighted by Crippen LogP contribution is 2.26. The molecule has 0 aliphatic heterocycles. The number of nitrogens with one attached hydrogen (secondary N) is 1. The van der Waals surface area contributed by atoms with Gasteiger partial charge in [-0.3, -0.25) is 9.59 Å². The zero-order valence-corrected chi connectivity index (χ0v) is 17.4. The van der Waals surface area contributed by atoms with Crippen LogP contribution >= 0.6 is 0 Å². The lowest BCUT2D eigenvalue weighted by Gasteiger charge is -2.27. The van der Waals surface area contributed by atoms with Crippen LogP contribution in [0.3, 0.4) is 0 Å². The summed E-state index contributed by atoms with van der Waals surface area (Å²) in [5.41, 5.74) is 0.958. The van der Waals surface area contributed by atoms with Crippen LogP contribution in [0, 0.1) is 11.7 Å². The lowest BCUT2D eigenvalue weighted by atomic mass is 9.87. The van der Waals surface area contributed by atoms with E-state index in [0.29, 0.717) is 31.7 Å². The normalized spacial score (nSPS) is 14.9. The molecule has 28 heavy (non-hydrogen) atoms. The molecule has 5 heteroatoms. The van der Waals surface area contributed by atoms with Gasteiger partial charge in [-0.25, -0.2) is 4.39 Å². The van der Waals surface area contributed by atoms with E-state index in [1.54, 1.807) is 12.1 Å². The molecule has 0 atom stereocenters. The number of nitrogens with zero attached hydrogens (tertiary/aromatic N) is 1. The molecule has 1 aliphatic carbocycles. The summed E-state index contributed by atoms with van der Waals surface area (Å²) in [6.07, 6.45) is 8.77. The monoisotopic (exact) mass is 390 g/mol. The topological polar surface area (TPSA) is 49.4 Å². The molecular weight excluding hydrogens is 355 g/mol. The van der Waals surface area contributed by atoms with Crippen LogP contribution in [0.2, 0.25) is 0 Å². The molecule has 0 radical (unpaired) electrons. The predicted octanol–water partition coefficient (Wildman–Crippen LogP) is 4.47. The summed E-state index contributed by atoms with van der Waals surface area (Å²) in [5.74, 6) is 0.507. The summed E-state index contributed by atoms with van der Waals surface area (Å²) in [4.78, 5) is 26.7. The van der Waals surface area contributed by atoms with Crippen LogP contribution in [0.4, 0.5) is 4.39 Å². The number of aryl methyl sites for hydroxylation is 1. The van der Waals surface area contributed by atoms with Crippen molar-refractivity contribution < 1.29 is 14.0 Å². The molecule has 2 amide bonds. The van der Waals surface area contributed by atoms with Gasteiger partial charge in [-0.15, -0.1) is 0 Å². The number of amides is 2. The van der Waals surface area contributed by atoms with Crippen molar-refractivity contribution in [2.45, 2.75) is 77.7 Å². The van der Waals surface area contributed by atoms with Crippen LogP contribution in [0.1, 0.15) is 70.8 Å². The Morgan fingerprint density at radius 1 is 1.07 bits per heavy atom. The van der Waals surface area contributed by atoms with Gasteiger partial charge >= 0.3 is 0 Å². The van der Waals surface area contributed by atoms with Gasteiger partial charge in [-0.2, -0.15) is 0 Å². The van der Waals surface area contributed by atoms with E-state index >= 15 is 0 Å². The molecule has 156 valence electrons. The van der Waals surface area contributed by atoms with Crippen molar-refractivity contribution in [1.29, 1.82) is 0 Å². The van der Waals surface area contributed by atoms with Gasteiger partial charge in [0, 0.05) is 32.0 Å². The molecule has 0 saturated heterocycles. The van der Waals surface area contributed by atoms with E-state index in [9.17, 15) is 14.0 Å². The van der Waals surface area contributed by atoms with Crippen molar-refractivity contribution in [3.05, 3.63) is 35.6 Å². The number of rotatable bonds is 10. The van der Waals surface area contributed by atoms with Gasteiger partial charge in [0.1, 0.15) is 5.82 Å². The van der Waals surface area contributed by atoms with E-state index in [2.05, 4.69) is 5.32 Å². The Morgan fingerprint density at radius 3 is 2.39 bits per heavy atom. The molecule has 1 aromatic carbocycles. The average molecular weight is 391 g/mol. The second-order valence-electron chi connectivity index (χ2n) is 8.27. The average Bonchev–Trinajstić information content (AvgIpc) is 2.67. The summed E-state index contributed by atoms with van der Waals surface area (Å²) in [6.45, 7) is 5.06. The molecule has 0 bridgehead atoms. The lowest BCUT2D eigenvalue weighted by molar-refractivity contribution is -0.132. The largest absolute Gasteiger partial charge is 0.354 e. The Kier molecular flexibility index (Phi) is 9.45. The van der Waals surface area contributed by atoms with Crippen molar-refractivity contribution in [2.24, 2.45) is 5.92 Å². The van der Waals surface area contributed by atoms with Crippen LogP contribution in [-0.2, 0) is 16.0 Å². The number of carbonyl (C=O) groups excluding carboxylic acids is 2. The Balaban J connectivity index is 1.87. The molecule has 1 saturated carbocycles. The smallest absolute Gasteiger partial charge is 0.222 e. The third-order valence-electron chi connectivity index (χ3n) is 5.48. The Labute approximate surface area is 168 Å². The lowest BCUT2D eigenvalue weighted by Crippen LogP contribution is -2.38. The van der Waals surface area contributed by atoms with Crippen LogP contribution in [0.15, 0.2) is 24.3 Å². The molecule has 0 aromatic heterocycles. The number of hydrogen-bond donors (Lipinski definition) is 1. The molecule has 0 spiro atoms. The molecular formula is C23H35FN2O2. The zero-order valence-electron chi connectivity index (χ0n) is 17.4. The van der Waals surface area contributed by atoms with Gasteiger partial charge in [-0.1, -0.05) is 44.2 Å². The summed E-state index contributed by atoms with van der Waals surface area (Å²) in [6, 6.07) is 6.42. The summed E-state index contributed by atoms with van der Waals surface area (Å²) in [7, 11) is 0. The minimum atomic E-state index is -0.264. The second kappa shape index (κ2) is 11.8. The predicted molar refractivity (Wildman–Crippen MR) is 110 cm³/mol. The van der Waals surface area contributed by atoms with Gasteiger partial charge in [0.25, 0.3) is 0 Å². The molecule has 0 unspecified atom stereocenters. The van der Waals surface area contributed by atoms with Crippen molar-refractivity contribution in [2.75, 3.05) is 13.1 Å². The van der Waals surface area contributed by atoms with Crippen LogP contribution < -0.4 is 5.32 Å². The number of hydrogen-bond acceptors (Lipinski definition) is 2. The fourth-order valence-electron chi connectivity index (χ4n) is 3.87. The van der Waals surface area contributed by atoms with E-state index in [4.69, 9.17) is 0 Å². The summed E-state index contributed by atoms with van der Waals surface area (Å²) < 4.78 is 13.0. The zero-order chi connectivity index (χ0) is 20.4. The number of carbonyl (C=O) groups is 2. The van der Waals surface area contributed by atoms with E-state index < -0.39 is 0 Å². The fourth-order valence-corrected chi connectivity index (χ4v) is 3.87. The first-order valence-corrected chi connectivity index (χ1v) is 10.8. The van der Waals surface area contributed by atoms with Crippen LogP contribution in [0.25, 0.3) is 0 Å². The Hall–Kier alpha value is -1.91. The summed E-state index contributed by atoms with van der Waals surface area (Å²) >= 11 is 0. The third-order valence-corrected chi connectivity index (χ3v) is 5.48. The van der Waals surface area contributed by atoms with Gasteiger partial charge in [0.15, 0.2) is 0 Å². The minimum absolute atomic E-state index is 0.0102. The standard InChI is InChI=1S/C23H35FN2O2/c1-18(2)25-22(27)15-17-26(16-14-19-6-4-3-5-7-19)23(28)13-10-20-8-11-21(24)12-9-20/h8-9,11-12,18-19H,3-7,10,13-17H2,1-2H3,(H,25,27). The fraction of sp³-hybridized carbons (Fsp3) is 0.652. The van der Waals surface area contributed by atoms with Gasteiger partial charge in [0.05, 0.1) is 0 Å². The third kappa shape index (κ3) is 8.41. The van der Waals surface area contributed by atoms with Gasteiger partial charge < -0.3 is 10.2 Å². The van der Waals surface area contributed by atoms with E-state index in [0.717, 1.165) is 18.5 Å². The van der Waals surface area contributed by atoms with Crippen molar-refractivity contribution in [3.8, 4) is 0 Å². The highest BCUT2D eigenvalue weighted by Gasteiger charge is 2.19. The van der Waals surface area contributed by atoms with E-state index in [1.807, 2.05) is 18.7 Å². The number of benzene rings is 1. The van der Waals surface area contributed by atoms with E-state index in [1.165, 1.54) is 44.2 Å². The van der Waals surface area contributed by atoms with Crippen LogP contribution in [-0.4, -0.2) is 35.8 Å². The molecule has 1 N–H and O–H groups in total. The second-order valence-corrected chi connectivity index (χ2v) is 8.27. The molecule has 1 fully saturated rings. The maximum absolute atomic E-state index is 13.0. The van der Waals surface area contributed by atoms with E-state index in [-0.39, 0.29) is 23.7 Å². The highest BCUT2D eigenvalue weighted by atomic mass is 19.1.